The normalized spacial score (nSPS) is 12.0. The van der Waals surface area contributed by atoms with Crippen LogP contribution in [-0.2, 0) is 90.7 Å². The zero-order valence-electron chi connectivity index (χ0n) is 39.2. The van der Waals surface area contributed by atoms with Crippen molar-refractivity contribution in [1.29, 1.82) is 0 Å². The average molecular weight is 943 g/mol. The highest BCUT2D eigenvalue weighted by molar-refractivity contribution is 6.05. The number of allylic oxidation sites excluding steroid dienone is 2. The molecule has 20 nitrogen and oxygen atoms in total. The van der Waals surface area contributed by atoms with Crippen LogP contribution in [0.4, 0.5) is 0 Å². The molecular formula is C48H54N4O16. The summed E-state index contributed by atoms with van der Waals surface area (Å²) in [5.74, 6) is -4.77. The number of nitrogens with one attached hydrogen (secondary N) is 2. The number of aromatic amines is 2. The van der Waals surface area contributed by atoms with Crippen molar-refractivity contribution in [3.63, 3.8) is 0 Å². The first-order valence-corrected chi connectivity index (χ1v) is 21.4. The minimum atomic E-state index is -0.791. The zero-order chi connectivity index (χ0) is 49.7. The summed E-state index contributed by atoms with van der Waals surface area (Å²) in [5, 5.41) is 0. The van der Waals surface area contributed by atoms with Crippen LogP contribution in [0.2, 0.25) is 0 Å². The van der Waals surface area contributed by atoms with Gasteiger partial charge in [-0.15, -0.1) is 0 Å². The maximum absolute atomic E-state index is 13.9. The molecule has 362 valence electrons. The van der Waals surface area contributed by atoms with Gasteiger partial charge in [-0.1, -0.05) is 0 Å². The van der Waals surface area contributed by atoms with Gasteiger partial charge < -0.3 is 47.9 Å². The number of aromatic nitrogens is 4. The first kappa shape index (κ1) is 51.3. The molecule has 0 radical (unpaired) electrons. The number of rotatable bonds is 20. The van der Waals surface area contributed by atoms with Gasteiger partial charge in [0.05, 0.1) is 104 Å². The lowest BCUT2D eigenvalue weighted by Crippen LogP contribution is -2.07. The highest BCUT2D eigenvalue weighted by atomic mass is 16.5. The third-order valence-corrected chi connectivity index (χ3v) is 11.5. The summed E-state index contributed by atoms with van der Waals surface area (Å²) in [5.41, 5.74) is 5.39. The van der Waals surface area contributed by atoms with E-state index < -0.39 is 47.8 Å². The molecule has 68 heavy (non-hydrogen) atoms. The third kappa shape index (κ3) is 12.2. The summed E-state index contributed by atoms with van der Waals surface area (Å²) >= 11 is 0. The second kappa shape index (κ2) is 23.7. The van der Waals surface area contributed by atoms with E-state index in [-0.39, 0.29) is 111 Å². The van der Waals surface area contributed by atoms with Gasteiger partial charge in [-0.3, -0.25) is 33.6 Å². The van der Waals surface area contributed by atoms with Crippen LogP contribution in [0, 0.1) is 0 Å². The van der Waals surface area contributed by atoms with E-state index in [2.05, 4.69) is 9.97 Å². The molecule has 0 atom stereocenters. The van der Waals surface area contributed by atoms with Crippen molar-refractivity contribution in [2.24, 2.45) is 0 Å². The minimum Gasteiger partial charge on any atom is -0.469 e. The Balaban J connectivity index is 2.10. The largest absolute Gasteiger partial charge is 0.469 e. The van der Waals surface area contributed by atoms with E-state index in [9.17, 15) is 38.4 Å². The molecule has 0 fully saturated rings. The van der Waals surface area contributed by atoms with Gasteiger partial charge in [-0.05, 0) is 95.4 Å². The van der Waals surface area contributed by atoms with Gasteiger partial charge in [0.15, 0.2) is 0 Å². The Bertz CT molecular complexity index is 2740. The number of carbonyl (C=O) groups excluding carboxylic acids is 8. The van der Waals surface area contributed by atoms with E-state index in [0.717, 1.165) is 0 Å². The number of aryl methyl sites for hydroxylation is 3. The molecule has 0 saturated heterocycles. The summed E-state index contributed by atoms with van der Waals surface area (Å²) in [4.78, 5) is 121. The third-order valence-electron chi connectivity index (χ3n) is 11.5. The van der Waals surface area contributed by atoms with Gasteiger partial charge in [0.25, 0.3) is 0 Å². The molecule has 0 aromatic carbocycles. The van der Waals surface area contributed by atoms with Crippen molar-refractivity contribution in [3.05, 3.63) is 69.3 Å². The lowest BCUT2D eigenvalue weighted by Gasteiger charge is -2.08. The standard InChI is InChI=1S/C48H54N4O16/c1-61-40(53)14-9-25-26(10-15-41(54)62-2)33-22-37-31(20-46(59)67-7)28(12-17-43(56)64-4)35(51-37)24-39-47(48(60)68-8)29(13-18-44(57)65-5)36(52-39)23-38-30(19-45(58)66-6)27(11-16-42(55)63-3)34(50-38)21-32(25)49-33/h21-24,49,52H,9-20H2,1-8H3. The molecule has 20 heteroatoms. The number of fused-ring (bicyclic) bond motifs is 8. The first-order valence-electron chi connectivity index (χ1n) is 21.4. The predicted molar refractivity (Wildman–Crippen MR) is 243 cm³/mol. The molecule has 0 amide bonds. The van der Waals surface area contributed by atoms with Crippen molar-refractivity contribution in [1.82, 2.24) is 19.9 Å². The molecular weight excluding hydrogens is 889 g/mol. The summed E-state index contributed by atoms with van der Waals surface area (Å²) in [6, 6.07) is 6.50. The summed E-state index contributed by atoms with van der Waals surface area (Å²) < 4.78 is 40.4. The Labute approximate surface area is 390 Å². The Morgan fingerprint density at radius 2 is 0.662 bits per heavy atom. The van der Waals surface area contributed by atoms with Gasteiger partial charge in [-0.25, -0.2) is 14.8 Å². The van der Waals surface area contributed by atoms with E-state index in [1.54, 1.807) is 24.3 Å². The molecule has 3 aromatic heterocycles. The van der Waals surface area contributed by atoms with Crippen LogP contribution in [0.25, 0.3) is 44.4 Å². The van der Waals surface area contributed by atoms with Crippen LogP contribution in [0.5, 0.6) is 0 Å². The number of nitrogens with zero attached hydrogens (tertiary/aromatic N) is 2. The van der Waals surface area contributed by atoms with E-state index >= 15 is 0 Å². The van der Waals surface area contributed by atoms with Crippen molar-refractivity contribution in [2.75, 3.05) is 56.9 Å². The number of hydrogen-bond acceptors (Lipinski definition) is 18. The highest BCUT2D eigenvalue weighted by Gasteiger charge is 2.29. The van der Waals surface area contributed by atoms with E-state index in [0.29, 0.717) is 55.7 Å². The summed E-state index contributed by atoms with van der Waals surface area (Å²) in [6.45, 7) is 0. The number of carbonyl (C=O) groups is 8. The average Bonchev–Trinajstić information content (AvgIpc) is 4.05. The fourth-order valence-corrected chi connectivity index (χ4v) is 8.05. The van der Waals surface area contributed by atoms with Crippen LogP contribution in [0.15, 0.2) is 24.3 Å². The van der Waals surface area contributed by atoms with E-state index in [1.807, 2.05) is 0 Å². The maximum atomic E-state index is 13.9. The Hall–Kier alpha value is -7.64. The fourth-order valence-electron chi connectivity index (χ4n) is 8.05. The first-order chi connectivity index (χ1) is 32.6. The number of methoxy groups -OCH3 is 8. The second-order valence-corrected chi connectivity index (χ2v) is 15.3. The molecule has 5 rings (SSSR count). The van der Waals surface area contributed by atoms with Crippen LogP contribution in [-0.4, -0.2) is 125 Å². The fraction of sp³-hybridized carbons (Fsp3) is 0.417. The smallest absolute Gasteiger partial charge is 0.340 e. The van der Waals surface area contributed by atoms with Crippen LogP contribution >= 0.6 is 0 Å². The van der Waals surface area contributed by atoms with Crippen LogP contribution in [0.3, 0.4) is 0 Å². The number of H-pyrrole nitrogens is 2. The highest BCUT2D eigenvalue weighted by Crippen LogP contribution is 2.40. The van der Waals surface area contributed by atoms with Crippen LogP contribution in [0.1, 0.15) is 108 Å². The van der Waals surface area contributed by atoms with E-state index in [4.69, 9.17) is 47.9 Å². The van der Waals surface area contributed by atoms with Gasteiger partial charge in [0, 0.05) is 48.7 Å². The number of ether oxygens (including phenoxy) is 8. The molecule has 2 N–H and O–H groups in total. The Morgan fingerprint density at radius 3 is 1.01 bits per heavy atom. The maximum Gasteiger partial charge on any atom is 0.340 e. The lowest BCUT2D eigenvalue weighted by atomic mass is 9.96. The summed E-state index contributed by atoms with van der Waals surface area (Å²) in [7, 11) is 9.89. The molecule has 0 aliphatic carbocycles. The second-order valence-electron chi connectivity index (χ2n) is 15.3. The molecule has 0 spiro atoms. The van der Waals surface area contributed by atoms with Crippen molar-refractivity contribution in [3.8, 4) is 0 Å². The lowest BCUT2D eigenvalue weighted by molar-refractivity contribution is -0.141. The predicted octanol–water partition coefficient (Wildman–Crippen LogP) is 5.27. The van der Waals surface area contributed by atoms with Crippen LogP contribution < -0.4 is 0 Å². The van der Waals surface area contributed by atoms with Gasteiger partial charge >= 0.3 is 47.8 Å². The molecule has 3 aromatic rings. The minimum absolute atomic E-state index is 0.0154. The van der Waals surface area contributed by atoms with Gasteiger partial charge in [-0.2, -0.15) is 0 Å². The SMILES string of the molecule is COC(=O)CCC1=C(CC(=O)OC)c2cc3[nH]c(cc4nc(cc5[nH]c(cc1n2)c(C(=O)OC)c5CCC(=O)OC)C(CC(=O)OC)=C4CCC(=O)OC)c(CCC(=O)OC)c3CCC(=O)OC. The van der Waals surface area contributed by atoms with Crippen molar-refractivity contribution in [2.45, 2.75) is 77.0 Å². The topological polar surface area (TPSA) is 268 Å². The van der Waals surface area contributed by atoms with Crippen molar-refractivity contribution >= 4 is 92.1 Å². The van der Waals surface area contributed by atoms with Crippen molar-refractivity contribution < 1.29 is 76.3 Å². The van der Waals surface area contributed by atoms with Gasteiger partial charge in [0.2, 0.25) is 0 Å². The summed E-state index contributed by atoms with van der Waals surface area (Å²) in [6.07, 6.45) is -1.01. The molecule has 2 aliphatic heterocycles. The number of esters is 8. The molecule has 8 bridgehead atoms. The Morgan fingerprint density at radius 1 is 0.368 bits per heavy atom. The molecule has 2 aliphatic rings. The van der Waals surface area contributed by atoms with Gasteiger partial charge in [0.1, 0.15) is 0 Å². The molecule has 0 saturated carbocycles. The quantitative estimate of drug-likeness (QED) is 0.108. The zero-order valence-corrected chi connectivity index (χ0v) is 39.2. The molecule has 5 heterocycles. The molecule has 0 unspecified atom stereocenters. The Kier molecular flexibility index (Phi) is 17.9. The monoisotopic (exact) mass is 942 g/mol. The van der Waals surface area contributed by atoms with E-state index in [1.165, 1.54) is 56.9 Å². The number of hydrogen-bond donors (Lipinski definition) is 2.